The van der Waals surface area contributed by atoms with Crippen LogP contribution in [-0.2, 0) is 0 Å². The molecule has 0 fully saturated rings. The Kier molecular flexibility index (Phi) is 6.65. The molecule has 3 nitrogen and oxygen atoms in total. The van der Waals surface area contributed by atoms with Crippen molar-refractivity contribution in [2.75, 3.05) is 24.5 Å². The van der Waals surface area contributed by atoms with E-state index in [1.807, 2.05) is 11.3 Å². The van der Waals surface area contributed by atoms with Crippen LogP contribution >= 0.6 is 11.3 Å². The number of hydrogen-bond donors (Lipinski definition) is 1. The second-order valence-electron chi connectivity index (χ2n) is 4.66. The van der Waals surface area contributed by atoms with Crippen molar-refractivity contribution in [2.45, 2.75) is 53.5 Å². The number of nitrogens with one attached hydrogen (secondary N) is 1. The van der Waals surface area contributed by atoms with Crippen LogP contribution in [0.2, 0.25) is 0 Å². The second kappa shape index (κ2) is 7.74. The van der Waals surface area contributed by atoms with Crippen molar-refractivity contribution in [1.82, 2.24) is 10.3 Å². The van der Waals surface area contributed by atoms with Crippen molar-refractivity contribution in [3.63, 3.8) is 0 Å². The molecule has 1 unspecified atom stereocenters. The van der Waals surface area contributed by atoms with Gasteiger partial charge in [0.1, 0.15) is 0 Å². The highest BCUT2D eigenvalue weighted by Crippen LogP contribution is 2.30. The standard InChI is InChI=1S/C14H27N3S/c1-6-9-10-17(8-3)14-16-12(5)13(18-14)11(4)15-7-2/h11,15H,6-10H2,1-5H3. The Bertz CT molecular complexity index is 349. The van der Waals surface area contributed by atoms with Crippen molar-refractivity contribution in [3.8, 4) is 0 Å². The van der Waals surface area contributed by atoms with Crippen LogP contribution in [0.4, 0.5) is 5.13 Å². The maximum absolute atomic E-state index is 4.74. The third-order valence-electron chi connectivity index (χ3n) is 3.16. The lowest BCUT2D eigenvalue weighted by atomic mass is 10.2. The normalized spacial score (nSPS) is 12.7. The fraction of sp³-hybridized carbons (Fsp3) is 0.786. The van der Waals surface area contributed by atoms with Crippen molar-refractivity contribution >= 4 is 16.5 Å². The molecule has 1 aromatic rings. The number of unbranched alkanes of at least 4 members (excludes halogenated alkanes) is 1. The van der Waals surface area contributed by atoms with E-state index in [9.17, 15) is 0 Å². The highest BCUT2D eigenvalue weighted by Gasteiger charge is 2.16. The van der Waals surface area contributed by atoms with E-state index in [1.165, 1.54) is 28.5 Å². The maximum atomic E-state index is 4.74. The number of aromatic nitrogens is 1. The molecule has 104 valence electrons. The Labute approximate surface area is 116 Å². The minimum absolute atomic E-state index is 0.408. The summed E-state index contributed by atoms with van der Waals surface area (Å²) in [5, 5.41) is 4.65. The lowest BCUT2D eigenvalue weighted by Gasteiger charge is -2.19. The summed E-state index contributed by atoms with van der Waals surface area (Å²) in [5.41, 5.74) is 1.18. The first-order chi connectivity index (χ1) is 8.63. The van der Waals surface area contributed by atoms with E-state index >= 15 is 0 Å². The van der Waals surface area contributed by atoms with E-state index in [1.54, 1.807) is 0 Å². The SMILES string of the molecule is CCCCN(CC)c1nc(C)c(C(C)NCC)s1. The summed E-state index contributed by atoms with van der Waals surface area (Å²) >= 11 is 1.84. The van der Waals surface area contributed by atoms with Crippen molar-refractivity contribution in [1.29, 1.82) is 0 Å². The van der Waals surface area contributed by atoms with Gasteiger partial charge in [0.25, 0.3) is 0 Å². The fourth-order valence-corrected chi connectivity index (χ4v) is 3.25. The molecule has 0 aliphatic heterocycles. The third kappa shape index (κ3) is 3.95. The van der Waals surface area contributed by atoms with Gasteiger partial charge in [0.15, 0.2) is 5.13 Å². The van der Waals surface area contributed by atoms with Crippen LogP contribution in [0.5, 0.6) is 0 Å². The van der Waals surface area contributed by atoms with Gasteiger partial charge in [-0.3, -0.25) is 0 Å². The Hall–Kier alpha value is -0.610. The second-order valence-corrected chi connectivity index (χ2v) is 5.67. The van der Waals surface area contributed by atoms with Crippen LogP contribution in [0.1, 0.15) is 57.1 Å². The van der Waals surface area contributed by atoms with E-state index < -0.39 is 0 Å². The molecule has 18 heavy (non-hydrogen) atoms. The van der Waals surface area contributed by atoms with Crippen LogP contribution in [-0.4, -0.2) is 24.6 Å². The maximum Gasteiger partial charge on any atom is 0.185 e. The lowest BCUT2D eigenvalue weighted by molar-refractivity contribution is 0.603. The third-order valence-corrected chi connectivity index (χ3v) is 4.56. The van der Waals surface area contributed by atoms with E-state index in [0.29, 0.717) is 6.04 Å². The summed E-state index contributed by atoms with van der Waals surface area (Å²) < 4.78 is 0. The molecule has 0 saturated carbocycles. The number of nitrogens with zero attached hydrogens (tertiary/aromatic N) is 2. The number of hydrogen-bond acceptors (Lipinski definition) is 4. The van der Waals surface area contributed by atoms with Gasteiger partial charge in [0.05, 0.1) is 5.69 Å². The van der Waals surface area contributed by atoms with Gasteiger partial charge in [-0.1, -0.05) is 20.3 Å². The molecule has 1 N–H and O–H groups in total. The smallest absolute Gasteiger partial charge is 0.185 e. The zero-order valence-electron chi connectivity index (χ0n) is 12.4. The quantitative estimate of drug-likeness (QED) is 0.779. The Morgan fingerprint density at radius 3 is 2.61 bits per heavy atom. The first-order valence-electron chi connectivity index (χ1n) is 7.09. The molecular formula is C14H27N3S. The molecule has 0 saturated heterocycles. The molecule has 0 radical (unpaired) electrons. The number of anilines is 1. The molecule has 0 aromatic carbocycles. The lowest BCUT2D eigenvalue weighted by Crippen LogP contribution is -2.23. The van der Waals surface area contributed by atoms with E-state index in [0.717, 1.165) is 19.6 Å². The minimum Gasteiger partial charge on any atom is -0.348 e. The summed E-state index contributed by atoms with van der Waals surface area (Å²) in [7, 11) is 0. The zero-order chi connectivity index (χ0) is 13.5. The number of thiazole rings is 1. The Morgan fingerprint density at radius 2 is 2.06 bits per heavy atom. The fourth-order valence-electron chi connectivity index (χ4n) is 2.07. The van der Waals surface area contributed by atoms with Gasteiger partial charge >= 0.3 is 0 Å². The predicted molar refractivity (Wildman–Crippen MR) is 81.7 cm³/mol. The molecule has 1 heterocycles. The molecule has 1 aromatic heterocycles. The van der Waals surface area contributed by atoms with Crippen LogP contribution in [0, 0.1) is 6.92 Å². The van der Waals surface area contributed by atoms with E-state index in [2.05, 4.69) is 44.8 Å². The van der Waals surface area contributed by atoms with Gasteiger partial charge in [0.2, 0.25) is 0 Å². The van der Waals surface area contributed by atoms with Crippen LogP contribution in [0.25, 0.3) is 0 Å². The Morgan fingerprint density at radius 1 is 1.33 bits per heavy atom. The van der Waals surface area contributed by atoms with Gasteiger partial charge < -0.3 is 10.2 Å². The first kappa shape index (κ1) is 15.4. The summed E-state index contributed by atoms with van der Waals surface area (Å²) in [6.07, 6.45) is 2.48. The van der Waals surface area contributed by atoms with Gasteiger partial charge in [-0.05, 0) is 33.7 Å². The molecular weight excluding hydrogens is 242 g/mol. The Balaban J connectivity index is 2.80. The summed E-state index contributed by atoms with van der Waals surface area (Å²) in [5.74, 6) is 0. The monoisotopic (exact) mass is 269 g/mol. The average molecular weight is 269 g/mol. The van der Waals surface area contributed by atoms with Gasteiger partial charge in [-0.15, -0.1) is 11.3 Å². The molecule has 0 bridgehead atoms. The van der Waals surface area contributed by atoms with Crippen LogP contribution in [0.3, 0.4) is 0 Å². The molecule has 0 aliphatic rings. The van der Waals surface area contributed by atoms with Crippen molar-refractivity contribution in [2.24, 2.45) is 0 Å². The summed E-state index contributed by atoms with van der Waals surface area (Å²) in [4.78, 5) is 8.51. The highest BCUT2D eigenvalue weighted by atomic mass is 32.1. The molecule has 0 spiro atoms. The van der Waals surface area contributed by atoms with Crippen molar-refractivity contribution < 1.29 is 0 Å². The summed E-state index contributed by atoms with van der Waals surface area (Å²) in [6, 6.07) is 0.408. The first-order valence-corrected chi connectivity index (χ1v) is 7.91. The van der Waals surface area contributed by atoms with E-state index in [4.69, 9.17) is 4.98 Å². The molecule has 1 atom stereocenters. The number of rotatable bonds is 8. The topological polar surface area (TPSA) is 28.2 Å². The largest absolute Gasteiger partial charge is 0.348 e. The average Bonchev–Trinajstić information content (AvgIpc) is 2.73. The van der Waals surface area contributed by atoms with Crippen LogP contribution < -0.4 is 10.2 Å². The van der Waals surface area contributed by atoms with Gasteiger partial charge in [-0.2, -0.15) is 0 Å². The predicted octanol–water partition coefficient (Wildman–Crippen LogP) is 3.75. The molecule has 0 amide bonds. The minimum atomic E-state index is 0.408. The molecule has 0 aliphatic carbocycles. The van der Waals surface area contributed by atoms with E-state index in [-0.39, 0.29) is 0 Å². The molecule has 4 heteroatoms. The number of aryl methyl sites for hydroxylation is 1. The van der Waals surface area contributed by atoms with Gasteiger partial charge in [0, 0.05) is 24.0 Å². The molecule has 1 rings (SSSR count). The van der Waals surface area contributed by atoms with Crippen molar-refractivity contribution in [3.05, 3.63) is 10.6 Å². The van der Waals surface area contributed by atoms with Gasteiger partial charge in [-0.25, -0.2) is 4.98 Å². The van der Waals surface area contributed by atoms with Crippen LogP contribution in [0.15, 0.2) is 0 Å². The zero-order valence-corrected chi connectivity index (χ0v) is 13.2. The highest BCUT2D eigenvalue weighted by molar-refractivity contribution is 7.15. The summed E-state index contributed by atoms with van der Waals surface area (Å²) in [6.45, 7) is 14.1.